The van der Waals surface area contributed by atoms with Gasteiger partial charge in [0.05, 0.1) is 0 Å². The molecule has 1 heterocycles. The molecule has 0 unspecified atom stereocenters. The highest BCUT2D eigenvalue weighted by atomic mass is 32.1. The van der Waals surface area contributed by atoms with Gasteiger partial charge in [0, 0.05) is 11.3 Å². The molecule has 0 aliphatic rings. The van der Waals surface area contributed by atoms with Crippen LogP contribution in [0.1, 0.15) is 33.3 Å². The number of nitrogens with one attached hydrogen (secondary N) is 1. The third kappa shape index (κ3) is 3.21. The molecular weight excluding hydrogens is 318 g/mol. The van der Waals surface area contributed by atoms with Gasteiger partial charge in [-0.05, 0) is 42.9 Å². The van der Waals surface area contributed by atoms with Crippen molar-refractivity contribution in [1.82, 2.24) is 9.59 Å². The summed E-state index contributed by atoms with van der Waals surface area (Å²) in [6, 6.07) is 14.0. The van der Waals surface area contributed by atoms with E-state index in [4.69, 9.17) is 0 Å². The molecule has 0 aliphatic carbocycles. The Morgan fingerprint density at radius 1 is 1.12 bits per heavy atom. The van der Waals surface area contributed by atoms with E-state index >= 15 is 0 Å². The minimum Gasteiger partial charge on any atom is -0.321 e. The van der Waals surface area contributed by atoms with Crippen LogP contribution < -0.4 is 5.32 Å². The van der Waals surface area contributed by atoms with Gasteiger partial charge >= 0.3 is 0 Å². The number of benzene rings is 2. The number of anilines is 1. The van der Waals surface area contributed by atoms with E-state index in [-0.39, 0.29) is 5.91 Å². The zero-order valence-corrected chi connectivity index (χ0v) is 14.8. The molecule has 24 heavy (non-hydrogen) atoms. The Morgan fingerprint density at radius 2 is 1.88 bits per heavy atom. The van der Waals surface area contributed by atoms with Crippen molar-refractivity contribution < 1.29 is 4.79 Å². The maximum absolute atomic E-state index is 12.8. The zero-order chi connectivity index (χ0) is 17.1. The minimum atomic E-state index is -0.162. The standard InChI is InChI=1S/C19H19N3OS/c1-4-14-7-5-6-13(3)16(14)20-19(23)18-17(21-22-24-18)15-10-8-12(2)9-11-15/h5-11H,4H2,1-3H3,(H,20,23). The summed E-state index contributed by atoms with van der Waals surface area (Å²) in [6.07, 6.45) is 0.864. The second-order valence-electron chi connectivity index (χ2n) is 5.73. The van der Waals surface area contributed by atoms with Crippen molar-refractivity contribution in [2.24, 2.45) is 0 Å². The maximum atomic E-state index is 12.8. The number of carbonyl (C=O) groups is 1. The van der Waals surface area contributed by atoms with Crippen LogP contribution in [-0.4, -0.2) is 15.5 Å². The Bertz CT molecular complexity index is 869. The Hall–Kier alpha value is -2.53. The first-order chi connectivity index (χ1) is 11.6. The molecule has 0 saturated heterocycles. The highest BCUT2D eigenvalue weighted by Gasteiger charge is 2.19. The number of aromatic nitrogens is 2. The summed E-state index contributed by atoms with van der Waals surface area (Å²) in [5.41, 5.74) is 5.76. The second-order valence-corrected chi connectivity index (χ2v) is 6.49. The van der Waals surface area contributed by atoms with Crippen LogP contribution in [0.5, 0.6) is 0 Å². The van der Waals surface area contributed by atoms with Crippen LogP contribution in [0.25, 0.3) is 11.3 Å². The fourth-order valence-corrected chi connectivity index (χ4v) is 3.20. The molecule has 1 N–H and O–H groups in total. The van der Waals surface area contributed by atoms with Gasteiger partial charge in [-0.1, -0.05) is 59.4 Å². The van der Waals surface area contributed by atoms with Gasteiger partial charge < -0.3 is 5.32 Å². The molecule has 0 radical (unpaired) electrons. The van der Waals surface area contributed by atoms with E-state index in [2.05, 4.69) is 21.8 Å². The van der Waals surface area contributed by atoms with Crippen LogP contribution in [0, 0.1) is 13.8 Å². The van der Waals surface area contributed by atoms with Gasteiger partial charge in [-0.25, -0.2) is 0 Å². The fraction of sp³-hybridized carbons (Fsp3) is 0.211. The topological polar surface area (TPSA) is 54.9 Å². The smallest absolute Gasteiger partial charge is 0.269 e. The molecule has 0 spiro atoms. The summed E-state index contributed by atoms with van der Waals surface area (Å²) in [5.74, 6) is -0.162. The van der Waals surface area contributed by atoms with E-state index in [0.717, 1.165) is 40.3 Å². The molecule has 1 aromatic heterocycles. The molecule has 4 nitrogen and oxygen atoms in total. The highest BCUT2D eigenvalue weighted by Crippen LogP contribution is 2.27. The van der Waals surface area contributed by atoms with E-state index < -0.39 is 0 Å². The number of amides is 1. The number of para-hydroxylation sites is 1. The molecular formula is C19H19N3OS. The predicted molar refractivity (Wildman–Crippen MR) is 98.6 cm³/mol. The summed E-state index contributed by atoms with van der Waals surface area (Å²) in [4.78, 5) is 13.3. The van der Waals surface area contributed by atoms with Crippen LogP contribution in [0.4, 0.5) is 5.69 Å². The van der Waals surface area contributed by atoms with E-state index in [1.165, 1.54) is 5.56 Å². The molecule has 3 rings (SSSR count). The van der Waals surface area contributed by atoms with Gasteiger partial charge in [0.1, 0.15) is 10.6 Å². The first kappa shape index (κ1) is 16.3. The van der Waals surface area contributed by atoms with Crippen LogP contribution in [0.3, 0.4) is 0 Å². The summed E-state index contributed by atoms with van der Waals surface area (Å²) in [5, 5.41) is 7.20. The Balaban J connectivity index is 1.93. The lowest BCUT2D eigenvalue weighted by Gasteiger charge is -2.12. The number of hydrogen-bond acceptors (Lipinski definition) is 4. The highest BCUT2D eigenvalue weighted by molar-refractivity contribution is 7.08. The molecule has 0 saturated carbocycles. The van der Waals surface area contributed by atoms with Crippen LogP contribution >= 0.6 is 11.5 Å². The minimum absolute atomic E-state index is 0.162. The molecule has 0 bridgehead atoms. The van der Waals surface area contributed by atoms with Crippen molar-refractivity contribution in [2.75, 3.05) is 5.32 Å². The third-order valence-electron chi connectivity index (χ3n) is 4.00. The lowest BCUT2D eigenvalue weighted by molar-refractivity contribution is 0.103. The Kier molecular flexibility index (Phi) is 4.71. The molecule has 1 amide bonds. The van der Waals surface area contributed by atoms with Gasteiger partial charge in [0.2, 0.25) is 0 Å². The average molecular weight is 337 g/mol. The first-order valence-corrected chi connectivity index (χ1v) is 8.66. The lowest BCUT2D eigenvalue weighted by atomic mass is 10.1. The zero-order valence-electron chi connectivity index (χ0n) is 14.0. The van der Waals surface area contributed by atoms with E-state index in [9.17, 15) is 4.79 Å². The predicted octanol–water partition coefficient (Wildman–Crippen LogP) is 4.64. The van der Waals surface area contributed by atoms with E-state index in [0.29, 0.717) is 10.6 Å². The van der Waals surface area contributed by atoms with Crippen LogP contribution in [0.15, 0.2) is 42.5 Å². The van der Waals surface area contributed by atoms with Gasteiger partial charge in [0.15, 0.2) is 0 Å². The molecule has 0 aliphatic heterocycles. The van der Waals surface area contributed by atoms with E-state index in [1.54, 1.807) is 0 Å². The number of rotatable bonds is 4. The van der Waals surface area contributed by atoms with Crippen molar-refractivity contribution in [1.29, 1.82) is 0 Å². The van der Waals surface area contributed by atoms with Crippen molar-refractivity contribution in [2.45, 2.75) is 27.2 Å². The molecule has 5 heteroatoms. The average Bonchev–Trinajstić information content (AvgIpc) is 3.07. The lowest BCUT2D eigenvalue weighted by Crippen LogP contribution is -2.14. The normalized spacial score (nSPS) is 10.6. The Morgan fingerprint density at radius 3 is 2.58 bits per heavy atom. The Labute approximate surface area is 145 Å². The fourth-order valence-electron chi connectivity index (χ4n) is 2.61. The molecule has 122 valence electrons. The summed E-state index contributed by atoms with van der Waals surface area (Å²) >= 11 is 1.12. The summed E-state index contributed by atoms with van der Waals surface area (Å²) in [6.45, 7) is 6.11. The van der Waals surface area contributed by atoms with Crippen molar-refractivity contribution >= 4 is 23.1 Å². The first-order valence-electron chi connectivity index (χ1n) is 7.89. The number of nitrogens with zero attached hydrogens (tertiary/aromatic N) is 2. The van der Waals surface area contributed by atoms with Gasteiger partial charge in [0.25, 0.3) is 5.91 Å². The molecule has 0 fully saturated rings. The maximum Gasteiger partial charge on any atom is 0.269 e. The second kappa shape index (κ2) is 6.93. The number of hydrogen-bond donors (Lipinski definition) is 1. The van der Waals surface area contributed by atoms with Gasteiger partial charge in [-0.15, -0.1) is 5.10 Å². The van der Waals surface area contributed by atoms with Gasteiger partial charge in [-0.3, -0.25) is 4.79 Å². The number of carbonyl (C=O) groups excluding carboxylic acids is 1. The third-order valence-corrected chi connectivity index (χ3v) is 4.72. The summed E-state index contributed by atoms with van der Waals surface area (Å²) < 4.78 is 3.98. The molecule has 0 atom stereocenters. The van der Waals surface area contributed by atoms with Crippen LogP contribution in [0.2, 0.25) is 0 Å². The largest absolute Gasteiger partial charge is 0.321 e. The van der Waals surface area contributed by atoms with Crippen molar-refractivity contribution in [3.05, 3.63) is 64.0 Å². The number of aryl methyl sites for hydroxylation is 3. The van der Waals surface area contributed by atoms with Crippen LogP contribution in [-0.2, 0) is 6.42 Å². The summed E-state index contributed by atoms with van der Waals surface area (Å²) in [7, 11) is 0. The quantitative estimate of drug-likeness (QED) is 0.755. The van der Waals surface area contributed by atoms with Crippen molar-refractivity contribution in [3.63, 3.8) is 0 Å². The molecule has 2 aromatic carbocycles. The van der Waals surface area contributed by atoms with Crippen molar-refractivity contribution in [3.8, 4) is 11.3 Å². The van der Waals surface area contributed by atoms with E-state index in [1.807, 2.05) is 56.3 Å². The molecule has 3 aromatic rings. The monoisotopic (exact) mass is 337 g/mol. The SMILES string of the molecule is CCc1cccc(C)c1NC(=O)c1snnc1-c1ccc(C)cc1. The van der Waals surface area contributed by atoms with Gasteiger partial charge in [-0.2, -0.15) is 0 Å².